The highest BCUT2D eigenvalue weighted by molar-refractivity contribution is 6.04. The van der Waals surface area contributed by atoms with Crippen LogP contribution in [0.4, 0.5) is 5.69 Å². The number of amides is 1. The Kier molecular flexibility index (Phi) is 4.53. The van der Waals surface area contributed by atoms with Gasteiger partial charge >= 0.3 is 0 Å². The maximum absolute atomic E-state index is 12.5. The zero-order chi connectivity index (χ0) is 20.8. The Labute approximate surface area is 170 Å². The molecule has 0 spiro atoms. The molecule has 2 N–H and O–H groups in total. The van der Waals surface area contributed by atoms with E-state index >= 15 is 0 Å². The number of hydrogen-bond donors (Lipinski definition) is 2. The van der Waals surface area contributed by atoms with Crippen LogP contribution in [0.1, 0.15) is 42.4 Å². The summed E-state index contributed by atoms with van der Waals surface area (Å²) < 4.78 is 1.57. The third-order valence-corrected chi connectivity index (χ3v) is 5.27. The first kappa shape index (κ1) is 19.0. The standard InChI is InChI=1S/C24H26N4O/c1-15-8-6-7-9-17(15)22-21(24(2,3)4)18-11-10-16(14-19(18)27-22)26-23(29)20-12-13-25-28(20)5/h6-14,27H,1-5H3,(H,26,29). The Morgan fingerprint density at radius 1 is 1.10 bits per heavy atom. The summed E-state index contributed by atoms with van der Waals surface area (Å²) in [5, 5.41) is 8.21. The van der Waals surface area contributed by atoms with Gasteiger partial charge in [-0.05, 0) is 41.7 Å². The molecule has 148 valence electrons. The van der Waals surface area contributed by atoms with Crippen LogP contribution in [0.2, 0.25) is 0 Å². The number of hydrogen-bond acceptors (Lipinski definition) is 2. The highest BCUT2D eigenvalue weighted by Gasteiger charge is 2.25. The number of fused-ring (bicyclic) bond motifs is 1. The molecule has 0 aliphatic carbocycles. The highest BCUT2D eigenvalue weighted by atomic mass is 16.2. The molecule has 4 rings (SSSR count). The van der Waals surface area contributed by atoms with Crippen molar-refractivity contribution in [1.82, 2.24) is 14.8 Å². The molecule has 0 radical (unpaired) electrons. The van der Waals surface area contributed by atoms with Crippen molar-refractivity contribution in [3.63, 3.8) is 0 Å². The van der Waals surface area contributed by atoms with Crippen molar-refractivity contribution in [3.8, 4) is 11.3 Å². The molecule has 1 amide bonds. The number of H-pyrrole nitrogens is 1. The topological polar surface area (TPSA) is 62.7 Å². The second kappa shape index (κ2) is 6.92. The zero-order valence-corrected chi connectivity index (χ0v) is 17.5. The minimum absolute atomic E-state index is 0.0324. The van der Waals surface area contributed by atoms with Gasteiger partial charge in [-0.25, -0.2) is 0 Å². The average Bonchev–Trinajstić information content (AvgIpc) is 3.24. The Bertz CT molecular complexity index is 1210. The van der Waals surface area contributed by atoms with E-state index in [0.29, 0.717) is 5.69 Å². The van der Waals surface area contributed by atoms with Crippen LogP contribution in [-0.4, -0.2) is 20.7 Å². The lowest BCUT2D eigenvalue weighted by atomic mass is 9.83. The molecule has 0 aliphatic rings. The van der Waals surface area contributed by atoms with E-state index in [1.54, 1.807) is 24.0 Å². The van der Waals surface area contributed by atoms with Gasteiger partial charge in [0.05, 0.1) is 5.69 Å². The molecule has 5 heteroatoms. The van der Waals surface area contributed by atoms with Gasteiger partial charge in [-0.1, -0.05) is 51.1 Å². The second-order valence-corrected chi connectivity index (χ2v) is 8.49. The molecule has 2 aromatic carbocycles. The number of carbonyl (C=O) groups is 1. The van der Waals surface area contributed by atoms with Crippen LogP contribution < -0.4 is 5.32 Å². The Morgan fingerprint density at radius 2 is 1.86 bits per heavy atom. The molecular weight excluding hydrogens is 360 g/mol. The fraction of sp³-hybridized carbons (Fsp3) is 0.250. The zero-order valence-electron chi connectivity index (χ0n) is 17.5. The minimum Gasteiger partial charge on any atom is -0.354 e. The van der Waals surface area contributed by atoms with Crippen LogP contribution in [0.3, 0.4) is 0 Å². The number of aromatic nitrogens is 3. The van der Waals surface area contributed by atoms with E-state index < -0.39 is 0 Å². The van der Waals surface area contributed by atoms with Crippen molar-refractivity contribution in [3.05, 3.63) is 71.5 Å². The van der Waals surface area contributed by atoms with Gasteiger partial charge in [0.15, 0.2) is 0 Å². The number of aromatic amines is 1. The third-order valence-electron chi connectivity index (χ3n) is 5.27. The van der Waals surface area contributed by atoms with Gasteiger partial charge in [0, 0.05) is 35.4 Å². The Morgan fingerprint density at radius 3 is 2.52 bits per heavy atom. The van der Waals surface area contributed by atoms with Crippen LogP contribution in [0.5, 0.6) is 0 Å². The van der Waals surface area contributed by atoms with Crippen molar-refractivity contribution in [1.29, 1.82) is 0 Å². The summed E-state index contributed by atoms with van der Waals surface area (Å²) in [6, 6.07) is 16.2. The van der Waals surface area contributed by atoms with Crippen molar-refractivity contribution < 1.29 is 4.79 Å². The molecule has 0 aliphatic heterocycles. The number of nitrogens with one attached hydrogen (secondary N) is 2. The van der Waals surface area contributed by atoms with Gasteiger partial charge in [-0.15, -0.1) is 0 Å². The van der Waals surface area contributed by atoms with Crippen molar-refractivity contribution in [2.24, 2.45) is 7.05 Å². The molecule has 2 heterocycles. The lowest BCUT2D eigenvalue weighted by Crippen LogP contribution is -2.16. The second-order valence-electron chi connectivity index (χ2n) is 8.49. The molecule has 0 atom stereocenters. The predicted octanol–water partition coefficient (Wildman–Crippen LogP) is 5.43. The van der Waals surface area contributed by atoms with E-state index in [2.05, 4.69) is 73.4 Å². The maximum atomic E-state index is 12.5. The number of anilines is 1. The molecule has 5 nitrogen and oxygen atoms in total. The number of carbonyl (C=O) groups excluding carboxylic acids is 1. The van der Waals surface area contributed by atoms with E-state index in [9.17, 15) is 4.79 Å². The summed E-state index contributed by atoms with van der Waals surface area (Å²) in [6.45, 7) is 8.83. The molecule has 0 saturated carbocycles. The van der Waals surface area contributed by atoms with E-state index in [-0.39, 0.29) is 11.3 Å². The largest absolute Gasteiger partial charge is 0.354 e. The quantitative estimate of drug-likeness (QED) is 0.493. The summed E-state index contributed by atoms with van der Waals surface area (Å²) in [4.78, 5) is 16.2. The van der Waals surface area contributed by atoms with Crippen LogP contribution >= 0.6 is 0 Å². The van der Waals surface area contributed by atoms with Gasteiger partial charge in [-0.2, -0.15) is 5.10 Å². The third kappa shape index (κ3) is 3.44. The Hall–Kier alpha value is -3.34. The molecular formula is C24H26N4O. The number of benzene rings is 2. The first-order valence-corrected chi connectivity index (χ1v) is 9.77. The summed E-state index contributed by atoms with van der Waals surface area (Å²) in [6.07, 6.45) is 1.62. The summed E-state index contributed by atoms with van der Waals surface area (Å²) in [5.41, 5.74) is 7.11. The molecule has 0 bridgehead atoms. The highest BCUT2D eigenvalue weighted by Crippen LogP contribution is 2.40. The monoisotopic (exact) mass is 386 g/mol. The summed E-state index contributed by atoms with van der Waals surface area (Å²) >= 11 is 0. The predicted molar refractivity (Wildman–Crippen MR) is 118 cm³/mol. The van der Waals surface area contributed by atoms with Crippen molar-refractivity contribution in [2.75, 3.05) is 5.32 Å². The van der Waals surface area contributed by atoms with E-state index in [1.165, 1.54) is 22.1 Å². The molecule has 0 unspecified atom stereocenters. The first-order valence-electron chi connectivity index (χ1n) is 9.77. The van der Waals surface area contributed by atoms with Gasteiger partial charge in [-0.3, -0.25) is 9.48 Å². The molecule has 4 aromatic rings. The fourth-order valence-corrected chi connectivity index (χ4v) is 3.90. The van der Waals surface area contributed by atoms with Crippen LogP contribution in [0.15, 0.2) is 54.7 Å². The smallest absolute Gasteiger partial charge is 0.273 e. The first-order chi connectivity index (χ1) is 13.8. The average molecular weight is 386 g/mol. The molecule has 0 fully saturated rings. The summed E-state index contributed by atoms with van der Waals surface area (Å²) in [5.74, 6) is -0.175. The maximum Gasteiger partial charge on any atom is 0.273 e. The van der Waals surface area contributed by atoms with Crippen LogP contribution in [0, 0.1) is 6.92 Å². The van der Waals surface area contributed by atoms with Gasteiger partial charge in [0.25, 0.3) is 5.91 Å². The number of rotatable bonds is 3. The molecule has 2 aromatic heterocycles. The SMILES string of the molecule is Cc1ccccc1-c1[nH]c2cc(NC(=O)c3ccnn3C)ccc2c1C(C)(C)C. The Balaban J connectivity index is 1.81. The van der Waals surface area contributed by atoms with E-state index in [4.69, 9.17) is 0 Å². The van der Waals surface area contributed by atoms with Crippen LogP contribution in [0.25, 0.3) is 22.2 Å². The van der Waals surface area contributed by atoms with E-state index in [1.807, 2.05) is 12.1 Å². The van der Waals surface area contributed by atoms with Gasteiger partial charge in [0.2, 0.25) is 0 Å². The van der Waals surface area contributed by atoms with Crippen LogP contribution in [-0.2, 0) is 12.5 Å². The van der Waals surface area contributed by atoms with Crippen molar-refractivity contribution >= 4 is 22.5 Å². The summed E-state index contributed by atoms with van der Waals surface area (Å²) in [7, 11) is 1.76. The number of aryl methyl sites for hydroxylation is 2. The van der Waals surface area contributed by atoms with Gasteiger partial charge in [0.1, 0.15) is 5.69 Å². The fourth-order valence-electron chi connectivity index (χ4n) is 3.90. The van der Waals surface area contributed by atoms with Gasteiger partial charge < -0.3 is 10.3 Å². The minimum atomic E-state index is -0.175. The normalized spacial score (nSPS) is 11.8. The number of nitrogens with zero attached hydrogens (tertiary/aromatic N) is 2. The molecule has 29 heavy (non-hydrogen) atoms. The molecule has 0 saturated heterocycles. The lowest BCUT2D eigenvalue weighted by molar-refractivity contribution is 0.101. The van der Waals surface area contributed by atoms with Crippen molar-refractivity contribution in [2.45, 2.75) is 33.1 Å². The lowest BCUT2D eigenvalue weighted by Gasteiger charge is -2.21. The van der Waals surface area contributed by atoms with E-state index in [0.717, 1.165) is 16.9 Å².